The highest BCUT2D eigenvalue weighted by Crippen LogP contribution is 2.35. The van der Waals surface area contributed by atoms with Gasteiger partial charge >= 0.3 is 0 Å². The molecule has 3 nitrogen and oxygen atoms in total. The summed E-state index contributed by atoms with van der Waals surface area (Å²) < 4.78 is 37.3. The average molecular weight is 306 g/mol. The largest absolute Gasteiger partial charge is 0.437 e. The zero-order valence-corrected chi connectivity index (χ0v) is 12.9. The second-order valence-electron chi connectivity index (χ2n) is 5.64. The first-order valence-corrected chi connectivity index (χ1v) is 7.44. The lowest BCUT2D eigenvalue weighted by Gasteiger charge is -2.07. The molecule has 4 aromatic rings. The Morgan fingerprint density at radius 1 is 1.17 bits per heavy atom. The molecule has 0 radical (unpaired) electrons. The molecule has 0 fully saturated rings. The lowest BCUT2D eigenvalue weighted by Crippen LogP contribution is -1.90. The Labute approximate surface area is 140 Å². The maximum atomic E-state index is 8.33. The number of furan rings is 1. The third-order valence-electron chi connectivity index (χ3n) is 3.97. The van der Waals surface area contributed by atoms with Gasteiger partial charge in [0.25, 0.3) is 0 Å². The van der Waals surface area contributed by atoms with Gasteiger partial charge in [-0.05, 0) is 48.7 Å². The fourth-order valence-corrected chi connectivity index (χ4v) is 2.78. The zero-order chi connectivity index (χ0) is 19.4. The molecular formula is C20H18N2O. The van der Waals surface area contributed by atoms with Crippen molar-refractivity contribution in [2.75, 3.05) is 0 Å². The zero-order valence-electron chi connectivity index (χ0n) is 16.9. The van der Waals surface area contributed by atoms with E-state index >= 15 is 0 Å². The van der Waals surface area contributed by atoms with E-state index in [0.717, 1.165) is 22.0 Å². The van der Waals surface area contributed by atoms with Crippen molar-refractivity contribution in [2.45, 2.75) is 26.6 Å². The number of benzene rings is 1. The molecule has 1 atom stereocenters. The van der Waals surface area contributed by atoms with Gasteiger partial charge < -0.3 is 4.42 Å². The van der Waals surface area contributed by atoms with Crippen LogP contribution in [0.1, 0.15) is 36.4 Å². The second kappa shape index (κ2) is 5.20. The van der Waals surface area contributed by atoms with Crippen molar-refractivity contribution in [3.63, 3.8) is 0 Å². The number of nitrogens with zero attached hydrogens (tertiary/aromatic N) is 2. The van der Waals surface area contributed by atoms with Crippen molar-refractivity contribution in [3.8, 4) is 11.3 Å². The Morgan fingerprint density at radius 2 is 2.09 bits per heavy atom. The molecule has 0 N–H and O–H groups in total. The van der Waals surface area contributed by atoms with E-state index in [-0.39, 0.29) is 0 Å². The maximum Gasteiger partial charge on any atom is 0.227 e. The molecular weight excluding hydrogens is 284 g/mol. The number of hydrogen-bond donors (Lipinski definition) is 0. The fourth-order valence-electron chi connectivity index (χ4n) is 2.78. The minimum absolute atomic E-state index is 0.384. The van der Waals surface area contributed by atoms with Crippen molar-refractivity contribution in [1.29, 1.82) is 0 Å². The normalized spacial score (nSPS) is 17.3. The van der Waals surface area contributed by atoms with Gasteiger partial charge in [0.15, 0.2) is 0 Å². The van der Waals surface area contributed by atoms with Gasteiger partial charge in [0.1, 0.15) is 5.58 Å². The SMILES string of the molecule is [2H]C([2H])([2H])C([2H])(C)c1ccnc(-c2cccc3c2oc2nc(C)ccc23)c1. The molecule has 0 bridgehead atoms. The van der Waals surface area contributed by atoms with Crippen LogP contribution in [0.3, 0.4) is 0 Å². The Hall–Kier alpha value is -2.68. The third kappa shape index (κ3) is 2.29. The Balaban J connectivity index is 1.93. The summed E-state index contributed by atoms with van der Waals surface area (Å²) in [6, 6.07) is 12.9. The number of rotatable bonds is 2. The maximum absolute atomic E-state index is 8.33. The molecule has 0 aliphatic rings. The van der Waals surface area contributed by atoms with E-state index in [0.29, 0.717) is 22.6 Å². The highest BCUT2D eigenvalue weighted by atomic mass is 16.3. The van der Waals surface area contributed by atoms with Crippen LogP contribution in [0.25, 0.3) is 33.3 Å². The summed E-state index contributed by atoms with van der Waals surface area (Å²) in [5.41, 5.74) is 3.76. The van der Waals surface area contributed by atoms with Crippen molar-refractivity contribution < 1.29 is 9.90 Å². The van der Waals surface area contributed by atoms with Crippen LogP contribution >= 0.6 is 0 Å². The van der Waals surface area contributed by atoms with E-state index in [2.05, 4.69) is 9.97 Å². The summed E-state index contributed by atoms with van der Waals surface area (Å²) in [6.07, 6.45) is 1.53. The minimum Gasteiger partial charge on any atom is -0.437 e. The molecule has 1 aromatic carbocycles. The van der Waals surface area contributed by atoms with E-state index in [1.807, 2.05) is 37.3 Å². The highest BCUT2D eigenvalue weighted by molar-refractivity contribution is 6.08. The summed E-state index contributed by atoms with van der Waals surface area (Å²) in [7, 11) is 0. The van der Waals surface area contributed by atoms with E-state index in [1.165, 1.54) is 13.1 Å². The predicted molar refractivity (Wildman–Crippen MR) is 93.6 cm³/mol. The first kappa shape index (κ1) is 10.2. The van der Waals surface area contributed by atoms with E-state index in [9.17, 15) is 0 Å². The number of aromatic nitrogens is 2. The topological polar surface area (TPSA) is 38.9 Å². The number of hydrogen-bond acceptors (Lipinski definition) is 3. The minimum atomic E-state index is -2.45. The van der Waals surface area contributed by atoms with Crippen molar-refractivity contribution in [1.82, 2.24) is 9.97 Å². The van der Waals surface area contributed by atoms with Crippen LogP contribution in [0.5, 0.6) is 0 Å². The van der Waals surface area contributed by atoms with Gasteiger partial charge in [-0.1, -0.05) is 25.9 Å². The molecule has 0 aliphatic heterocycles. The third-order valence-corrected chi connectivity index (χ3v) is 3.97. The monoisotopic (exact) mass is 306 g/mol. The van der Waals surface area contributed by atoms with Crippen LogP contribution in [0.15, 0.2) is 53.1 Å². The first-order valence-electron chi connectivity index (χ1n) is 9.44. The van der Waals surface area contributed by atoms with Gasteiger partial charge in [-0.15, -0.1) is 0 Å². The Kier molecular flexibility index (Phi) is 2.30. The summed E-state index contributed by atoms with van der Waals surface area (Å²) >= 11 is 0. The van der Waals surface area contributed by atoms with E-state index < -0.39 is 12.7 Å². The van der Waals surface area contributed by atoms with Crippen LogP contribution in [-0.4, -0.2) is 9.97 Å². The molecule has 4 rings (SSSR count). The number of aryl methyl sites for hydroxylation is 1. The molecule has 0 saturated carbocycles. The van der Waals surface area contributed by atoms with E-state index in [4.69, 9.17) is 9.90 Å². The summed E-state index contributed by atoms with van der Waals surface area (Å²) in [5, 5.41) is 1.84. The molecule has 1 unspecified atom stereocenters. The molecule has 0 saturated heterocycles. The second-order valence-corrected chi connectivity index (χ2v) is 5.64. The van der Waals surface area contributed by atoms with Crippen LogP contribution in [-0.2, 0) is 0 Å². The lowest BCUT2D eigenvalue weighted by molar-refractivity contribution is 0.653. The number of fused-ring (bicyclic) bond motifs is 3. The van der Waals surface area contributed by atoms with Crippen molar-refractivity contribution >= 4 is 22.1 Å². The molecule has 3 heterocycles. The van der Waals surface area contributed by atoms with Gasteiger partial charge in [0.05, 0.1) is 5.69 Å². The highest BCUT2D eigenvalue weighted by Gasteiger charge is 2.14. The van der Waals surface area contributed by atoms with Gasteiger partial charge in [0, 0.05) is 33.7 Å². The van der Waals surface area contributed by atoms with E-state index in [1.54, 1.807) is 12.1 Å². The average Bonchev–Trinajstić information content (AvgIpc) is 2.98. The summed E-state index contributed by atoms with van der Waals surface area (Å²) in [5.74, 6) is -1.73. The molecule has 114 valence electrons. The lowest BCUT2D eigenvalue weighted by atomic mass is 10.0. The molecule has 0 aliphatic carbocycles. The quantitative estimate of drug-likeness (QED) is 0.492. The molecule has 3 heteroatoms. The number of pyridine rings is 2. The molecule has 3 aromatic heterocycles. The first-order chi connectivity index (χ1) is 12.7. The van der Waals surface area contributed by atoms with Gasteiger partial charge in [-0.3, -0.25) is 4.98 Å². The van der Waals surface area contributed by atoms with Crippen LogP contribution in [0.2, 0.25) is 0 Å². The fraction of sp³-hybridized carbons (Fsp3) is 0.200. The standard InChI is InChI=1S/C20H18N2O/c1-12(2)14-9-10-21-18(11-14)17-6-4-5-15-16-8-7-13(3)22-20(16)23-19(15)17/h4-12H,1-3H3/i1D3,12D. The summed E-state index contributed by atoms with van der Waals surface area (Å²) in [4.78, 5) is 8.84. The smallest absolute Gasteiger partial charge is 0.227 e. The Bertz CT molecular complexity index is 1160. The van der Waals surface area contributed by atoms with Crippen molar-refractivity contribution in [3.05, 3.63) is 59.9 Å². The molecule has 0 amide bonds. The van der Waals surface area contributed by atoms with Gasteiger partial charge in [0.2, 0.25) is 5.71 Å². The van der Waals surface area contributed by atoms with Crippen molar-refractivity contribution in [2.24, 2.45) is 0 Å². The van der Waals surface area contributed by atoms with Crippen LogP contribution < -0.4 is 0 Å². The van der Waals surface area contributed by atoms with Crippen LogP contribution in [0.4, 0.5) is 0 Å². The van der Waals surface area contributed by atoms with Gasteiger partial charge in [-0.2, -0.15) is 0 Å². The number of para-hydroxylation sites is 1. The Morgan fingerprint density at radius 3 is 2.96 bits per heavy atom. The predicted octanol–water partition coefficient (Wildman–Crippen LogP) is 5.47. The van der Waals surface area contributed by atoms with Gasteiger partial charge in [-0.25, -0.2) is 4.98 Å². The molecule has 23 heavy (non-hydrogen) atoms. The summed E-state index contributed by atoms with van der Waals surface area (Å²) in [6.45, 7) is 0.856. The van der Waals surface area contributed by atoms with Crippen LogP contribution in [0, 0.1) is 6.92 Å². The molecule has 0 spiro atoms.